The summed E-state index contributed by atoms with van der Waals surface area (Å²) in [6, 6.07) is 0. The van der Waals surface area contributed by atoms with Gasteiger partial charge in [0, 0.05) is 19.0 Å². The van der Waals surface area contributed by atoms with Crippen molar-refractivity contribution in [1.82, 2.24) is 4.90 Å². The van der Waals surface area contributed by atoms with Crippen LogP contribution in [0.3, 0.4) is 0 Å². The summed E-state index contributed by atoms with van der Waals surface area (Å²) in [7, 11) is 0. The lowest BCUT2D eigenvalue weighted by Gasteiger charge is -2.38. The molecule has 132 valence electrons. The lowest BCUT2D eigenvalue weighted by Crippen LogP contribution is -2.49. The predicted octanol–water partition coefficient (Wildman–Crippen LogP) is 4.17. The zero-order valence-electron chi connectivity index (χ0n) is 13.7. The van der Waals surface area contributed by atoms with Crippen LogP contribution in [0, 0.1) is 17.8 Å². The largest absolute Gasteiger partial charge is 0.444 e. The Morgan fingerprint density at radius 1 is 1.39 bits per heavy atom. The van der Waals surface area contributed by atoms with Crippen molar-refractivity contribution in [2.75, 3.05) is 13.1 Å². The number of fused-ring (bicyclic) bond motifs is 1. The number of carbonyl (C=O) groups excluding carboxylic acids is 1. The summed E-state index contributed by atoms with van der Waals surface area (Å²) >= 11 is 18.2. The van der Waals surface area contributed by atoms with E-state index in [0.717, 1.165) is 0 Å². The Hall–Kier alpha value is -0.160. The smallest absolute Gasteiger partial charge is 0.410 e. The van der Waals surface area contributed by atoms with Crippen LogP contribution >= 0.6 is 34.8 Å². The van der Waals surface area contributed by atoms with Gasteiger partial charge in [-0.2, -0.15) is 0 Å². The topological polar surface area (TPSA) is 49.8 Å². The SMILES string of the molecule is C=CC[C@H]1[C@@H]2CN(C(=O)OC(C)(C)C)C[C@@H]2CC1(O)C(Cl)(Cl)Cl. The molecule has 1 heterocycles. The van der Waals surface area contributed by atoms with Gasteiger partial charge in [-0.1, -0.05) is 40.9 Å². The molecule has 0 radical (unpaired) electrons. The normalized spacial score (nSPS) is 34.4. The Balaban J connectivity index is 2.15. The number of likely N-dealkylation sites (tertiary alicyclic amines) is 1. The van der Waals surface area contributed by atoms with Crippen LogP contribution in [0.1, 0.15) is 33.6 Å². The van der Waals surface area contributed by atoms with Crippen LogP contribution in [0.2, 0.25) is 0 Å². The molecule has 0 spiro atoms. The highest BCUT2D eigenvalue weighted by molar-refractivity contribution is 6.68. The molecule has 1 saturated carbocycles. The van der Waals surface area contributed by atoms with Crippen molar-refractivity contribution in [3.63, 3.8) is 0 Å². The third-order valence-corrected chi connectivity index (χ3v) is 5.74. The number of aliphatic hydroxyl groups is 1. The molecule has 23 heavy (non-hydrogen) atoms. The maximum Gasteiger partial charge on any atom is 0.410 e. The number of carbonyl (C=O) groups is 1. The van der Waals surface area contributed by atoms with Gasteiger partial charge >= 0.3 is 6.09 Å². The number of allylic oxidation sites excluding steroid dienone is 1. The van der Waals surface area contributed by atoms with E-state index in [1.165, 1.54) is 0 Å². The van der Waals surface area contributed by atoms with Crippen LogP contribution in [-0.4, -0.2) is 44.2 Å². The zero-order chi connectivity index (χ0) is 17.6. The van der Waals surface area contributed by atoms with Crippen molar-refractivity contribution in [1.29, 1.82) is 0 Å². The molecule has 0 aromatic carbocycles. The second-order valence-corrected chi connectivity index (χ2v) is 9.85. The van der Waals surface area contributed by atoms with E-state index < -0.39 is 15.0 Å². The molecule has 1 N–H and O–H groups in total. The van der Waals surface area contributed by atoms with Gasteiger partial charge in [0.15, 0.2) is 0 Å². The molecule has 1 amide bonds. The van der Waals surface area contributed by atoms with E-state index >= 15 is 0 Å². The van der Waals surface area contributed by atoms with E-state index in [2.05, 4.69) is 6.58 Å². The monoisotopic (exact) mass is 383 g/mol. The number of halogens is 3. The molecule has 1 saturated heterocycles. The quantitative estimate of drug-likeness (QED) is 0.574. The lowest BCUT2D eigenvalue weighted by atomic mass is 9.83. The van der Waals surface area contributed by atoms with Gasteiger partial charge in [-0.25, -0.2) is 4.79 Å². The maximum atomic E-state index is 12.3. The number of nitrogens with zero attached hydrogens (tertiary/aromatic N) is 1. The number of alkyl halides is 3. The van der Waals surface area contributed by atoms with Crippen molar-refractivity contribution in [3.05, 3.63) is 12.7 Å². The molecule has 1 aliphatic heterocycles. The van der Waals surface area contributed by atoms with Gasteiger partial charge in [0.25, 0.3) is 0 Å². The number of hydrogen-bond acceptors (Lipinski definition) is 3. The number of amides is 1. The first kappa shape index (κ1) is 19.2. The maximum absolute atomic E-state index is 12.3. The van der Waals surface area contributed by atoms with Gasteiger partial charge < -0.3 is 14.7 Å². The molecule has 0 aromatic heterocycles. The number of rotatable bonds is 2. The van der Waals surface area contributed by atoms with Crippen molar-refractivity contribution >= 4 is 40.9 Å². The van der Waals surface area contributed by atoms with Gasteiger partial charge in [-0.3, -0.25) is 0 Å². The van der Waals surface area contributed by atoms with Crippen LogP contribution in [0.15, 0.2) is 12.7 Å². The molecule has 7 heteroatoms. The highest BCUT2D eigenvalue weighted by Gasteiger charge is 2.63. The second-order valence-electron chi connectivity index (χ2n) is 7.57. The van der Waals surface area contributed by atoms with Gasteiger partial charge in [-0.15, -0.1) is 6.58 Å². The highest BCUT2D eigenvalue weighted by Crippen LogP contribution is 2.58. The van der Waals surface area contributed by atoms with Crippen LogP contribution in [0.4, 0.5) is 4.79 Å². The first-order chi connectivity index (χ1) is 10.4. The summed E-state index contributed by atoms with van der Waals surface area (Å²) in [4.78, 5) is 13.9. The fraction of sp³-hybridized carbons (Fsp3) is 0.812. The standard InChI is InChI=1S/C16H24Cl3NO3/c1-5-6-12-11-9-20(13(21)23-14(2,3)4)8-10(11)7-15(12,22)16(17,18)19/h5,10-12,22H,1,6-9H2,2-4H3/t10-,11+,12-,15?/m0/s1. The van der Waals surface area contributed by atoms with Gasteiger partial charge in [-0.05, 0) is 45.4 Å². The van der Waals surface area contributed by atoms with Crippen molar-refractivity contribution in [2.24, 2.45) is 17.8 Å². The number of ether oxygens (including phenoxy) is 1. The Kier molecular flexibility index (Phi) is 5.24. The minimum Gasteiger partial charge on any atom is -0.444 e. The highest BCUT2D eigenvalue weighted by atomic mass is 35.6. The van der Waals surface area contributed by atoms with E-state index in [1.54, 1.807) is 11.0 Å². The fourth-order valence-electron chi connectivity index (χ4n) is 3.82. The molecule has 0 aromatic rings. The zero-order valence-corrected chi connectivity index (χ0v) is 16.0. The molecule has 1 aliphatic carbocycles. The fourth-order valence-corrected chi connectivity index (χ4v) is 4.48. The molecule has 2 aliphatic rings. The first-order valence-electron chi connectivity index (χ1n) is 7.77. The van der Waals surface area contributed by atoms with Crippen molar-refractivity contribution < 1.29 is 14.6 Å². The summed E-state index contributed by atoms with van der Waals surface area (Å²) in [5, 5.41) is 11.0. The number of hydrogen-bond donors (Lipinski definition) is 1. The predicted molar refractivity (Wildman–Crippen MR) is 92.9 cm³/mol. The second kappa shape index (κ2) is 6.29. The van der Waals surface area contributed by atoms with Crippen LogP contribution < -0.4 is 0 Å². The molecule has 4 nitrogen and oxygen atoms in total. The molecular weight excluding hydrogens is 361 g/mol. The van der Waals surface area contributed by atoms with Gasteiger partial charge in [0.05, 0.1) is 0 Å². The Morgan fingerprint density at radius 3 is 2.48 bits per heavy atom. The molecule has 0 bridgehead atoms. The minimum absolute atomic E-state index is 0.0705. The summed E-state index contributed by atoms with van der Waals surface area (Å²) in [5.41, 5.74) is -1.94. The van der Waals surface area contributed by atoms with E-state index in [1.807, 2.05) is 20.8 Å². The Labute approximate surface area is 152 Å². The summed E-state index contributed by atoms with van der Waals surface area (Å²) in [6.07, 6.45) is 2.28. The molecule has 2 rings (SSSR count). The van der Waals surface area contributed by atoms with Crippen molar-refractivity contribution in [3.8, 4) is 0 Å². The average Bonchev–Trinajstić information content (AvgIpc) is 2.85. The molecule has 1 unspecified atom stereocenters. The van der Waals surface area contributed by atoms with Crippen LogP contribution in [0.25, 0.3) is 0 Å². The molecule has 2 fully saturated rings. The molecular formula is C16H24Cl3NO3. The third kappa shape index (κ3) is 3.76. The van der Waals surface area contributed by atoms with Crippen LogP contribution in [0.5, 0.6) is 0 Å². The van der Waals surface area contributed by atoms with Gasteiger partial charge in [0.2, 0.25) is 3.79 Å². The average molecular weight is 385 g/mol. The van der Waals surface area contributed by atoms with Crippen molar-refractivity contribution in [2.45, 2.75) is 48.6 Å². The van der Waals surface area contributed by atoms with E-state index in [0.29, 0.717) is 25.9 Å². The Bertz CT molecular complexity index is 486. The third-order valence-electron chi connectivity index (χ3n) is 4.76. The first-order valence-corrected chi connectivity index (χ1v) is 8.90. The molecule has 4 atom stereocenters. The van der Waals surface area contributed by atoms with Gasteiger partial charge in [0.1, 0.15) is 11.2 Å². The lowest BCUT2D eigenvalue weighted by molar-refractivity contribution is -0.0125. The minimum atomic E-state index is -1.76. The van der Waals surface area contributed by atoms with Crippen LogP contribution in [-0.2, 0) is 4.74 Å². The van der Waals surface area contributed by atoms with E-state index in [9.17, 15) is 9.90 Å². The summed E-state index contributed by atoms with van der Waals surface area (Å²) in [6.45, 7) is 10.3. The van der Waals surface area contributed by atoms with E-state index in [4.69, 9.17) is 39.5 Å². The summed E-state index contributed by atoms with van der Waals surface area (Å²) < 4.78 is 3.67. The Morgan fingerprint density at radius 2 is 2.00 bits per heavy atom. The summed E-state index contributed by atoms with van der Waals surface area (Å²) in [5.74, 6) is -0.0841. The van der Waals surface area contributed by atoms with E-state index in [-0.39, 0.29) is 23.8 Å².